The molecule has 0 atom stereocenters. The number of nitrogens with zero attached hydrogens (tertiary/aromatic N) is 5. The summed E-state index contributed by atoms with van der Waals surface area (Å²) in [4.78, 5) is 27.6. The van der Waals surface area contributed by atoms with Crippen LogP contribution in [0, 0.1) is 0 Å². The molecule has 128 valence electrons. The lowest BCUT2D eigenvalue weighted by molar-refractivity contribution is -0.121. The number of likely N-dealkylation sites (N-methyl/N-ethyl adjacent to an activating group) is 1. The van der Waals surface area contributed by atoms with Crippen LogP contribution in [0.1, 0.15) is 6.92 Å². The zero-order valence-corrected chi connectivity index (χ0v) is 13.9. The van der Waals surface area contributed by atoms with Crippen LogP contribution in [0.15, 0.2) is 39.7 Å². The Bertz CT molecular complexity index is 950. The predicted octanol–water partition coefficient (Wildman–Crippen LogP) is 1.14. The Labute approximate surface area is 146 Å². The second-order valence-electron chi connectivity index (χ2n) is 4.94. The summed E-state index contributed by atoms with van der Waals surface area (Å²) in [6.07, 6.45) is 1.46. The first-order chi connectivity index (χ1) is 12.1. The normalized spacial score (nSPS) is 10.6. The van der Waals surface area contributed by atoms with E-state index in [1.54, 1.807) is 19.1 Å². The van der Waals surface area contributed by atoms with Crippen molar-refractivity contribution >= 4 is 17.5 Å². The molecule has 0 saturated carbocycles. The summed E-state index contributed by atoms with van der Waals surface area (Å²) in [6, 6.07) is 6.02. The van der Waals surface area contributed by atoms with Gasteiger partial charge in [0.2, 0.25) is 5.91 Å². The van der Waals surface area contributed by atoms with Crippen LogP contribution >= 0.6 is 11.6 Å². The van der Waals surface area contributed by atoms with Crippen molar-refractivity contribution in [3.05, 3.63) is 45.8 Å². The van der Waals surface area contributed by atoms with Gasteiger partial charge in [0.05, 0.1) is 5.02 Å². The fraction of sp³-hybridized carbons (Fsp3) is 0.200. The molecule has 0 aromatic carbocycles. The number of hydrogen-bond donors (Lipinski definition) is 1. The van der Waals surface area contributed by atoms with Crippen LogP contribution in [-0.4, -0.2) is 37.4 Å². The molecule has 0 bridgehead atoms. The lowest BCUT2D eigenvalue weighted by atomic mass is 10.3. The maximum Gasteiger partial charge on any atom is 0.268 e. The summed E-state index contributed by atoms with van der Waals surface area (Å²) in [5.74, 6) is -0.0165. The Morgan fingerprint density at radius 3 is 2.60 bits per heavy atom. The minimum Gasteiger partial charge on any atom is -0.413 e. The Kier molecular flexibility index (Phi) is 4.85. The molecule has 0 fully saturated rings. The second-order valence-corrected chi connectivity index (χ2v) is 5.38. The average molecular weight is 361 g/mol. The molecule has 0 aliphatic heterocycles. The number of carbonyl (C=O) groups excluding carboxylic acids is 1. The molecule has 25 heavy (non-hydrogen) atoms. The Morgan fingerprint density at radius 2 is 1.92 bits per heavy atom. The van der Waals surface area contributed by atoms with Crippen molar-refractivity contribution in [2.75, 3.05) is 6.54 Å². The summed E-state index contributed by atoms with van der Waals surface area (Å²) in [7, 11) is 0. The number of halogens is 1. The summed E-state index contributed by atoms with van der Waals surface area (Å²) in [5, 5.41) is 15.0. The van der Waals surface area contributed by atoms with E-state index in [1.165, 1.54) is 18.3 Å². The highest BCUT2D eigenvalue weighted by Crippen LogP contribution is 2.21. The molecule has 0 radical (unpaired) electrons. The summed E-state index contributed by atoms with van der Waals surface area (Å²) in [5.41, 5.74) is 0.324. The summed E-state index contributed by atoms with van der Waals surface area (Å²) < 4.78 is 6.57. The van der Waals surface area contributed by atoms with Crippen molar-refractivity contribution in [1.82, 2.24) is 30.3 Å². The van der Waals surface area contributed by atoms with E-state index in [0.717, 1.165) is 4.68 Å². The molecule has 0 aliphatic carbocycles. The van der Waals surface area contributed by atoms with Crippen LogP contribution in [0.2, 0.25) is 5.02 Å². The molecule has 0 spiro atoms. The van der Waals surface area contributed by atoms with Crippen molar-refractivity contribution < 1.29 is 9.21 Å². The van der Waals surface area contributed by atoms with Gasteiger partial charge in [0.25, 0.3) is 17.3 Å². The molecular weight excluding hydrogens is 348 g/mol. The van der Waals surface area contributed by atoms with Gasteiger partial charge in [-0.05, 0) is 25.1 Å². The molecule has 3 aromatic rings. The average Bonchev–Trinajstić information content (AvgIpc) is 3.08. The molecule has 0 saturated heterocycles. The van der Waals surface area contributed by atoms with Crippen LogP contribution in [0.5, 0.6) is 0 Å². The van der Waals surface area contributed by atoms with Crippen LogP contribution in [0.3, 0.4) is 0 Å². The number of nitrogens with one attached hydrogen (secondary N) is 1. The fourth-order valence-corrected chi connectivity index (χ4v) is 2.11. The minimum absolute atomic E-state index is 0.108. The van der Waals surface area contributed by atoms with E-state index in [1.807, 2.05) is 0 Å². The number of aromatic nitrogens is 5. The maximum absolute atomic E-state index is 11.8. The van der Waals surface area contributed by atoms with Crippen molar-refractivity contribution in [2.24, 2.45) is 0 Å². The van der Waals surface area contributed by atoms with Crippen molar-refractivity contribution in [3.63, 3.8) is 0 Å². The van der Waals surface area contributed by atoms with Gasteiger partial charge >= 0.3 is 0 Å². The standard InChI is InChI=1S/C15H13ClN6O3/c1-2-17-12(23)8-22-13(24)6-5-11(21-22)15-20-19-14(25-15)10-4-3-9(16)7-18-10/h3-7H,2,8H2,1H3,(H,17,23). The number of rotatable bonds is 5. The van der Waals surface area contributed by atoms with Gasteiger partial charge in [-0.1, -0.05) is 11.6 Å². The molecule has 3 rings (SSSR count). The van der Waals surface area contributed by atoms with E-state index < -0.39 is 5.56 Å². The van der Waals surface area contributed by atoms with E-state index >= 15 is 0 Å². The topological polar surface area (TPSA) is 116 Å². The molecule has 0 unspecified atom stereocenters. The van der Waals surface area contributed by atoms with Gasteiger partial charge in [-0.15, -0.1) is 10.2 Å². The number of pyridine rings is 1. The van der Waals surface area contributed by atoms with E-state index in [-0.39, 0.29) is 29.9 Å². The van der Waals surface area contributed by atoms with Gasteiger partial charge < -0.3 is 9.73 Å². The van der Waals surface area contributed by atoms with Crippen LogP contribution < -0.4 is 10.9 Å². The van der Waals surface area contributed by atoms with E-state index in [9.17, 15) is 9.59 Å². The molecule has 3 heterocycles. The lowest BCUT2D eigenvalue weighted by Gasteiger charge is -2.05. The molecule has 9 nitrogen and oxygen atoms in total. The highest BCUT2D eigenvalue weighted by atomic mass is 35.5. The van der Waals surface area contributed by atoms with E-state index in [4.69, 9.17) is 16.0 Å². The molecule has 3 aromatic heterocycles. The highest BCUT2D eigenvalue weighted by molar-refractivity contribution is 6.30. The molecule has 1 amide bonds. The molecular formula is C15H13ClN6O3. The third-order valence-electron chi connectivity index (χ3n) is 3.12. The summed E-state index contributed by atoms with van der Waals surface area (Å²) >= 11 is 5.79. The fourth-order valence-electron chi connectivity index (χ4n) is 2.00. The smallest absolute Gasteiger partial charge is 0.268 e. The first-order valence-electron chi connectivity index (χ1n) is 7.37. The number of carbonyl (C=O) groups is 1. The van der Waals surface area contributed by atoms with E-state index in [2.05, 4.69) is 25.6 Å². The van der Waals surface area contributed by atoms with Gasteiger partial charge in [0.1, 0.15) is 17.9 Å². The Hall–Kier alpha value is -3.07. The van der Waals surface area contributed by atoms with Crippen molar-refractivity contribution in [1.29, 1.82) is 0 Å². The van der Waals surface area contributed by atoms with Crippen LogP contribution in [0.25, 0.3) is 23.2 Å². The second kappa shape index (κ2) is 7.22. The maximum atomic E-state index is 11.8. The quantitative estimate of drug-likeness (QED) is 0.725. The third kappa shape index (κ3) is 3.89. The lowest BCUT2D eigenvalue weighted by Crippen LogP contribution is -2.33. The first kappa shape index (κ1) is 16.8. The van der Waals surface area contributed by atoms with E-state index in [0.29, 0.717) is 17.3 Å². The predicted molar refractivity (Wildman–Crippen MR) is 88.7 cm³/mol. The molecule has 10 heteroatoms. The summed E-state index contributed by atoms with van der Waals surface area (Å²) in [6.45, 7) is 2.06. The molecule has 0 aliphatic rings. The third-order valence-corrected chi connectivity index (χ3v) is 3.35. The van der Waals surface area contributed by atoms with Crippen LogP contribution in [-0.2, 0) is 11.3 Å². The zero-order chi connectivity index (χ0) is 17.8. The zero-order valence-electron chi connectivity index (χ0n) is 13.1. The largest absolute Gasteiger partial charge is 0.413 e. The number of hydrogen-bond acceptors (Lipinski definition) is 7. The van der Waals surface area contributed by atoms with Crippen LogP contribution in [0.4, 0.5) is 0 Å². The Balaban J connectivity index is 1.88. The van der Waals surface area contributed by atoms with Gasteiger partial charge in [-0.2, -0.15) is 5.10 Å². The number of amides is 1. The van der Waals surface area contributed by atoms with Crippen molar-refractivity contribution in [2.45, 2.75) is 13.5 Å². The SMILES string of the molecule is CCNC(=O)Cn1nc(-c2nnc(-c3ccc(Cl)cn3)o2)ccc1=O. The monoisotopic (exact) mass is 360 g/mol. The molecule has 1 N–H and O–H groups in total. The van der Waals surface area contributed by atoms with Gasteiger partial charge in [-0.3, -0.25) is 9.59 Å². The van der Waals surface area contributed by atoms with Gasteiger partial charge in [0, 0.05) is 18.8 Å². The first-order valence-corrected chi connectivity index (χ1v) is 7.75. The minimum atomic E-state index is -0.408. The highest BCUT2D eigenvalue weighted by Gasteiger charge is 2.14. The van der Waals surface area contributed by atoms with Gasteiger partial charge in [-0.25, -0.2) is 9.67 Å². The van der Waals surface area contributed by atoms with Crippen molar-refractivity contribution in [3.8, 4) is 23.2 Å². The Morgan fingerprint density at radius 1 is 1.20 bits per heavy atom. The van der Waals surface area contributed by atoms with Gasteiger partial charge in [0.15, 0.2) is 0 Å².